The van der Waals surface area contributed by atoms with Gasteiger partial charge in [-0.3, -0.25) is 4.79 Å². The summed E-state index contributed by atoms with van der Waals surface area (Å²) in [6.07, 6.45) is 2.05. The molecule has 0 atom stereocenters. The maximum atomic E-state index is 11.6. The standard InChI is InChI=1S/C13H10N2O5S/c16-10-5-1-3-7-14(10)19-12(17)9-13(18)20-15-8-4-2-6-11(15)21/h1-8H,9H2. The molecule has 0 fully saturated rings. The molecule has 2 heterocycles. The Hall–Kier alpha value is -2.74. The van der Waals surface area contributed by atoms with Crippen LogP contribution in [0.15, 0.2) is 53.6 Å². The normalized spacial score (nSPS) is 9.90. The number of carbonyl (C=O) groups excluding carboxylic acids is 2. The summed E-state index contributed by atoms with van der Waals surface area (Å²) < 4.78 is 2.06. The van der Waals surface area contributed by atoms with Gasteiger partial charge in [-0.1, -0.05) is 24.4 Å². The first-order valence-electron chi connectivity index (χ1n) is 5.84. The summed E-state index contributed by atoms with van der Waals surface area (Å²) in [5.74, 6) is -1.78. The highest BCUT2D eigenvalue weighted by Crippen LogP contribution is 1.93. The number of hydrogen-bond donors (Lipinski definition) is 0. The van der Waals surface area contributed by atoms with Crippen molar-refractivity contribution in [1.82, 2.24) is 9.46 Å². The zero-order valence-corrected chi connectivity index (χ0v) is 11.5. The molecule has 2 aromatic rings. The average molecular weight is 306 g/mol. The monoisotopic (exact) mass is 306 g/mol. The number of aromatic nitrogens is 2. The molecule has 0 unspecified atom stereocenters. The maximum absolute atomic E-state index is 11.6. The third kappa shape index (κ3) is 4.11. The quantitative estimate of drug-likeness (QED) is 0.600. The molecule has 8 heteroatoms. The van der Waals surface area contributed by atoms with Crippen molar-refractivity contribution in [3.05, 3.63) is 63.8 Å². The lowest BCUT2D eigenvalue weighted by Crippen LogP contribution is -2.32. The van der Waals surface area contributed by atoms with Crippen molar-refractivity contribution in [2.45, 2.75) is 6.42 Å². The number of carbonyl (C=O) groups is 2. The van der Waals surface area contributed by atoms with Gasteiger partial charge in [-0.2, -0.15) is 4.73 Å². The van der Waals surface area contributed by atoms with Crippen LogP contribution in [0.2, 0.25) is 0 Å². The highest BCUT2D eigenvalue weighted by Gasteiger charge is 2.14. The fourth-order valence-electron chi connectivity index (χ4n) is 1.38. The fraction of sp³-hybridized carbons (Fsp3) is 0.0769. The van der Waals surface area contributed by atoms with Crippen LogP contribution in [0, 0.1) is 4.64 Å². The third-order valence-corrected chi connectivity index (χ3v) is 2.58. The molecule has 2 aromatic heterocycles. The Labute approximate surface area is 123 Å². The van der Waals surface area contributed by atoms with E-state index < -0.39 is 23.9 Å². The van der Waals surface area contributed by atoms with Crippen molar-refractivity contribution in [2.24, 2.45) is 0 Å². The summed E-state index contributed by atoms with van der Waals surface area (Å²) >= 11 is 4.93. The van der Waals surface area contributed by atoms with Crippen molar-refractivity contribution in [3.63, 3.8) is 0 Å². The van der Waals surface area contributed by atoms with Crippen LogP contribution in [0.4, 0.5) is 0 Å². The van der Waals surface area contributed by atoms with Gasteiger partial charge < -0.3 is 9.68 Å². The van der Waals surface area contributed by atoms with Crippen molar-refractivity contribution in [2.75, 3.05) is 0 Å². The second-order valence-corrected chi connectivity index (χ2v) is 4.25. The van der Waals surface area contributed by atoms with E-state index in [2.05, 4.69) is 0 Å². The van der Waals surface area contributed by atoms with Gasteiger partial charge in [-0.15, -0.1) is 4.73 Å². The van der Waals surface area contributed by atoms with Crippen LogP contribution in [-0.2, 0) is 9.59 Å². The second-order valence-electron chi connectivity index (χ2n) is 3.83. The highest BCUT2D eigenvalue weighted by molar-refractivity contribution is 7.71. The largest absolute Gasteiger partial charge is 0.344 e. The molecule has 21 heavy (non-hydrogen) atoms. The smallest absolute Gasteiger partial charge is 0.335 e. The zero-order chi connectivity index (χ0) is 15.2. The van der Waals surface area contributed by atoms with Crippen LogP contribution in [0.3, 0.4) is 0 Å². The summed E-state index contributed by atoms with van der Waals surface area (Å²) in [6, 6.07) is 9.08. The lowest BCUT2D eigenvalue weighted by Gasteiger charge is -2.07. The van der Waals surface area contributed by atoms with E-state index in [9.17, 15) is 14.4 Å². The van der Waals surface area contributed by atoms with E-state index in [1.165, 1.54) is 30.6 Å². The Balaban J connectivity index is 1.96. The van der Waals surface area contributed by atoms with Gasteiger partial charge in [0.05, 0.1) is 0 Å². The maximum Gasteiger partial charge on any atom is 0.344 e. The SMILES string of the molecule is O=C(CC(=O)On1ccccc1=S)On1ccccc1=O. The molecule has 0 radical (unpaired) electrons. The van der Waals surface area contributed by atoms with Gasteiger partial charge in [0.2, 0.25) is 0 Å². The molecule has 0 saturated carbocycles. The Morgan fingerprint density at radius 3 is 2.14 bits per heavy atom. The van der Waals surface area contributed by atoms with Gasteiger partial charge in [0, 0.05) is 18.5 Å². The number of nitrogens with zero attached hydrogens (tertiary/aromatic N) is 2. The van der Waals surface area contributed by atoms with E-state index in [0.29, 0.717) is 0 Å². The highest BCUT2D eigenvalue weighted by atomic mass is 32.1. The minimum atomic E-state index is -0.921. The Bertz CT molecular complexity index is 715. The molecule has 7 nitrogen and oxygen atoms in total. The first-order valence-corrected chi connectivity index (χ1v) is 6.25. The van der Waals surface area contributed by atoms with Gasteiger partial charge in [0.1, 0.15) is 11.1 Å². The van der Waals surface area contributed by atoms with E-state index in [4.69, 9.17) is 21.9 Å². The van der Waals surface area contributed by atoms with Crippen LogP contribution in [0.1, 0.15) is 6.42 Å². The van der Waals surface area contributed by atoms with Gasteiger partial charge in [-0.05, 0) is 18.2 Å². The van der Waals surface area contributed by atoms with Gasteiger partial charge in [0.25, 0.3) is 5.56 Å². The molecule has 2 rings (SSSR count). The molecule has 0 amide bonds. The van der Waals surface area contributed by atoms with Crippen molar-refractivity contribution >= 4 is 24.2 Å². The van der Waals surface area contributed by atoms with E-state index in [0.717, 1.165) is 9.46 Å². The first kappa shape index (κ1) is 14.7. The Morgan fingerprint density at radius 2 is 1.52 bits per heavy atom. The predicted octanol–water partition coefficient (Wildman–Crippen LogP) is 0.380. The molecule has 0 saturated heterocycles. The number of pyridine rings is 2. The van der Waals surface area contributed by atoms with Gasteiger partial charge in [0.15, 0.2) is 0 Å². The van der Waals surface area contributed by atoms with E-state index in [-0.39, 0.29) is 4.64 Å². The molecule has 0 bridgehead atoms. The molecule has 0 aliphatic heterocycles. The van der Waals surface area contributed by atoms with Crippen molar-refractivity contribution in [3.8, 4) is 0 Å². The second kappa shape index (κ2) is 6.62. The molecular formula is C13H10N2O5S. The summed E-state index contributed by atoms with van der Waals surface area (Å²) in [5.41, 5.74) is -0.524. The third-order valence-electron chi connectivity index (χ3n) is 2.27. The van der Waals surface area contributed by atoms with Gasteiger partial charge in [-0.25, -0.2) is 9.59 Å². The fourth-order valence-corrected chi connectivity index (χ4v) is 1.55. The Morgan fingerprint density at radius 1 is 0.952 bits per heavy atom. The summed E-state index contributed by atoms with van der Waals surface area (Å²) in [5, 5.41) is 0. The summed E-state index contributed by atoms with van der Waals surface area (Å²) in [4.78, 5) is 44.0. The topological polar surface area (TPSA) is 79.5 Å². The van der Waals surface area contributed by atoms with Crippen LogP contribution < -0.4 is 15.2 Å². The molecule has 0 aromatic carbocycles. The van der Waals surface area contributed by atoms with Crippen molar-refractivity contribution in [1.29, 1.82) is 0 Å². The first-order chi connectivity index (χ1) is 10.1. The predicted molar refractivity (Wildman–Crippen MR) is 73.8 cm³/mol. The van der Waals surface area contributed by atoms with Crippen LogP contribution in [0.5, 0.6) is 0 Å². The molecule has 108 valence electrons. The molecule has 0 aliphatic carbocycles. The van der Waals surface area contributed by atoms with E-state index >= 15 is 0 Å². The van der Waals surface area contributed by atoms with E-state index in [1.54, 1.807) is 18.2 Å². The van der Waals surface area contributed by atoms with Crippen LogP contribution >= 0.6 is 12.2 Å². The van der Waals surface area contributed by atoms with Gasteiger partial charge >= 0.3 is 11.9 Å². The van der Waals surface area contributed by atoms with E-state index in [1.807, 2.05) is 0 Å². The average Bonchev–Trinajstić information content (AvgIpc) is 2.44. The molecular weight excluding hydrogens is 296 g/mol. The lowest BCUT2D eigenvalue weighted by molar-refractivity contribution is -0.155. The number of rotatable bonds is 4. The minimum Gasteiger partial charge on any atom is -0.335 e. The number of hydrogen-bond acceptors (Lipinski definition) is 6. The van der Waals surface area contributed by atoms with Crippen LogP contribution in [0.25, 0.3) is 0 Å². The zero-order valence-electron chi connectivity index (χ0n) is 10.7. The Kier molecular flexibility index (Phi) is 4.62. The molecule has 0 spiro atoms. The molecule has 0 aliphatic rings. The molecule has 0 N–H and O–H groups in total. The minimum absolute atomic E-state index is 0.276. The van der Waals surface area contributed by atoms with Crippen molar-refractivity contribution < 1.29 is 19.3 Å². The summed E-state index contributed by atoms with van der Waals surface area (Å²) in [7, 11) is 0. The summed E-state index contributed by atoms with van der Waals surface area (Å²) in [6.45, 7) is 0. The van der Waals surface area contributed by atoms with Crippen LogP contribution in [-0.4, -0.2) is 21.4 Å². The lowest BCUT2D eigenvalue weighted by atomic mass is 10.4.